The predicted octanol–water partition coefficient (Wildman–Crippen LogP) is 5.61. The Labute approximate surface area is 129 Å². The van der Waals surface area contributed by atoms with E-state index in [0.717, 1.165) is 0 Å². The molecule has 0 bridgehead atoms. The molecule has 0 saturated carbocycles. The van der Waals surface area contributed by atoms with Gasteiger partial charge in [0.15, 0.2) is 0 Å². The van der Waals surface area contributed by atoms with Crippen LogP contribution in [0.15, 0.2) is 0 Å². The highest BCUT2D eigenvalue weighted by Crippen LogP contribution is 2.16. The summed E-state index contributed by atoms with van der Waals surface area (Å²) in [5, 5.41) is 0. The van der Waals surface area contributed by atoms with Crippen molar-refractivity contribution in [3.63, 3.8) is 0 Å². The Kier molecular flexibility index (Phi) is 34.1. The Hall–Kier alpha value is -0.320. The molecular weight excluding hydrogens is 282 g/mol. The first-order valence-corrected chi connectivity index (χ1v) is 8.09. The highest BCUT2D eigenvalue weighted by Gasteiger charge is 2.24. The SMILES string of the molecule is CCCC[N+](CCCC)(CCCC)CCCC.F.F.F.F. The molecule has 136 valence electrons. The van der Waals surface area contributed by atoms with Gasteiger partial charge in [0.1, 0.15) is 0 Å². The fourth-order valence-corrected chi connectivity index (χ4v) is 2.64. The lowest BCUT2D eigenvalue weighted by Crippen LogP contribution is -2.50. The van der Waals surface area contributed by atoms with Crippen molar-refractivity contribution in [1.29, 1.82) is 0 Å². The van der Waals surface area contributed by atoms with Crippen molar-refractivity contribution >= 4 is 0 Å². The Bertz CT molecular complexity index is 131. The van der Waals surface area contributed by atoms with E-state index in [1.54, 1.807) is 0 Å². The average molecular weight is 322 g/mol. The molecule has 0 aromatic carbocycles. The topological polar surface area (TPSA) is 0 Å². The van der Waals surface area contributed by atoms with Crippen molar-refractivity contribution in [2.24, 2.45) is 0 Å². The first kappa shape index (κ1) is 32.6. The molecule has 0 aliphatic carbocycles. The van der Waals surface area contributed by atoms with E-state index in [9.17, 15) is 0 Å². The van der Waals surface area contributed by atoms with Crippen LogP contribution >= 0.6 is 0 Å². The fraction of sp³-hybridized carbons (Fsp3) is 1.00. The summed E-state index contributed by atoms with van der Waals surface area (Å²) in [5.41, 5.74) is 0. The van der Waals surface area contributed by atoms with Crippen molar-refractivity contribution in [2.45, 2.75) is 79.1 Å². The summed E-state index contributed by atoms with van der Waals surface area (Å²) in [7, 11) is 0. The molecular formula is C16H40F4N+. The summed E-state index contributed by atoms with van der Waals surface area (Å²) in [4.78, 5) is 0. The highest BCUT2D eigenvalue weighted by atomic mass is 19.0. The molecule has 0 saturated heterocycles. The number of hydrogen-bond donors (Lipinski definition) is 0. The number of rotatable bonds is 12. The van der Waals surface area contributed by atoms with E-state index in [0.29, 0.717) is 0 Å². The summed E-state index contributed by atoms with van der Waals surface area (Å²) in [5.74, 6) is 0. The number of halogens is 4. The van der Waals surface area contributed by atoms with Crippen LogP contribution in [0.2, 0.25) is 0 Å². The van der Waals surface area contributed by atoms with Crippen molar-refractivity contribution in [2.75, 3.05) is 26.2 Å². The molecule has 5 heteroatoms. The van der Waals surface area contributed by atoms with Crippen LogP contribution < -0.4 is 0 Å². The molecule has 0 aliphatic rings. The van der Waals surface area contributed by atoms with Gasteiger partial charge in [-0.1, -0.05) is 53.4 Å². The van der Waals surface area contributed by atoms with E-state index < -0.39 is 0 Å². The molecule has 0 rings (SSSR count). The summed E-state index contributed by atoms with van der Waals surface area (Å²) >= 11 is 0. The Morgan fingerprint density at radius 2 is 0.619 bits per heavy atom. The number of unbranched alkanes of at least 4 members (excludes halogenated alkanes) is 4. The molecule has 0 unspecified atom stereocenters. The molecule has 0 heterocycles. The van der Waals surface area contributed by atoms with Gasteiger partial charge in [0.25, 0.3) is 0 Å². The van der Waals surface area contributed by atoms with E-state index >= 15 is 0 Å². The van der Waals surface area contributed by atoms with E-state index in [1.165, 1.54) is 82.0 Å². The molecule has 0 N–H and O–H groups in total. The maximum absolute atomic E-state index is 2.33. The second kappa shape index (κ2) is 22.0. The van der Waals surface area contributed by atoms with Gasteiger partial charge in [-0.05, 0) is 25.7 Å². The minimum absolute atomic E-state index is 0. The molecule has 1 nitrogen and oxygen atoms in total. The summed E-state index contributed by atoms with van der Waals surface area (Å²) in [6.45, 7) is 15.0. The molecule has 0 aliphatic heterocycles. The number of quaternary nitrogens is 1. The maximum atomic E-state index is 2.33. The molecule has 0 aromatic heterocycles. The first-order chi connectivity index (χ1) is 8.24. The largest absolute Gasteiger partial charge is 0.324 e. The van der Waals surface area contributed by atoms with E-state index in [1.807, 2.05) is 0 Å². The zero-order valence-electron chi connectivity index (χ0n) is 14.6. The second-order valence-corrected chi connectivity index (χ2v) is 5.65. The van der Waals surface area contributed by atoms with Crippen LogP contribution in [0, 0.1) is 0 Å². The lowest BCUT2D eigenvalue weighted by atomic mass is 10.1. The van der Waals surface area contributed by atoms with Crippen molar-refractivity contribution in [3.8, 4) is 0 Å². The maximum Gasteiger partial charge on any atom is 0.0786 e. The van der Waals surface area contributed by atoms with Crippen LogP contribution in [0.1, 0.15) is 79.1 Å². The van der Waals surface area contributed by atoms with Crippen molar-refractivity contribution in [1.82, 2.24) is 0 Å². The Morgan fingerprint density at radius 1 is 0.429 bits per heavy atom. The fourth-order valence-electron chi connectivity index (χ4n) is 2.64. The van der Waals surface area contributed by atoms with Gasteiger partial charge < -0.3 is 4.48 Å². The molecule has 0 fully saturated rings. The van der Waals surface area contributed by atoms with Gasteiger partial charge in [0, 0.05) is 0 Å². The standard InChI is InChI=1S/C16H36N.4FH/c1-5-9-13-17(14-10-6-2,15-11-7-3)16-12-8-4;;;;/h5-16H2,1-4H3;4*1H/q+1;;;;. The van der Waals surface area contributed by atoms with Gasteiger partial charge in [0.2, 0.25) is 0 Å². The van der Waals surface area contributed by atoms with Crippen LogP contribution in [0.3, 0.4) is 0 Å². The van der Waals surface area contributed by atoms with Crippen LogP contribution in [-0.4, -0.2) is 30.7 Å². The normalized spacial score (nSPS) is 9.71. The lowest BCUT2D eigenvalue weighted by Gasteiger charge is -2.39. The van der Waals surface area contributed by atoms with Gasteiger partial charge in [-0.15, -0.1) is 0 Å². The van der Waals surface area contributed by atoms with Gasteiger partial charge in [-0.2, -0.15) is 0 Å². The average Bonchev–Trinajstić information content (AvgIpc) is 2.37. The first-order valence-electron chi connectivity index (χ1n) is 8.09. The van der Waals surface area contributed by atoms with Crippen LogP contribution in [-0.2, 0) is 0 Å². The monoisotopic (exact) mass is 322 g/mol. The Balaban J connectivity index is -0.000000213. The molecule has 0 atom stereocenters. The van der Waals surface area contributed by atoms with Gasteiger partial charge in [0.05, 0.1) is 26.2 Å². The second-order valence-electron chi connectivity index (χ2n) is 5.65. The number of nitrogens with zero attached hydrogens (tertiary/aromatic N) is 1. The van der Waals surface area contributed by atoms with Gasteiger partial charge in [-0.3, -0.25) is 18.8 Å². The molecule has 21 heavy (non-hydrogen) atoms. The van der Waals surface area contributed by atoms with Crippen molar-refractivity contribution in [3.05, 3.63) is 0 Å². The van der Waals surface area contributed by atoms with E-state index in [-0.39, 0.29) is 18.8 Å². The summed E-state index contributed by atoms with van der Waals surface area (Å²) in [6.07, 6.45) is 11.1. The van der Waals surface area contributed by atoms with Crippen molar-refractivity contribution < 1.29 is 23.3 Å². The van der Waals surface area contributed by atoms with Crippen LogP contribution in [0.25, 0.3) is 0 Å². The predicted molar refractivity (Wildman–Crippen MR) is 89.4 cm³/mol. The molecule has 0 spiro atoms. The van der Waals surface area contributed by atoms with Gasteiger partial charge in [-0.25, -0.2) is 0 Å². The van der Waals surface area contributed by atoms with Gasteiger partial charge >= 0.3 is 0 Å². The minimum Gasteiger partial charge on any atom is -0.324 e. The summed E-state index contributed by atoms with van der Waals surface area (Å²) in [6, 6.07) is 0. The molecule has 0 radical (unpaired) electrons. The highest BCUT2D eigenvalue weighted by molar-refractivity contribution is 4.49. The zero-order valence-corrected chi connectivity index (χ0v) is 14.6. The third kappa shape index (κ3) is 15.9. The quantitative estimate of drug-likeness (QED) is 0.323. The van der Waals surface area contributed by atoms with Crippen LogP contribution in [0.5, 0.6) is 0 Å². The van der Waals surface area contributed by atoms with E-state index in [2.05, 4.69) is 27.7 Å². The Morgan fingerprint density at radius 3 is 0.762 bits per heavy atom. The zero-order chi connectivity index (χ0) is 13.0. The third-order valence-corrected chi connectivity index (χ3v) is 3.94. The lowest BCUT2D eigenvalue weighted by molar-refractivity contribution is -0.929. The molecule has 0 amide bonds. The number of hydrogen-bond acceptors (Lipinski definition) is 0. The van der Waals surface area contributed by atoms with E-state index in [4.69, 9.17) is 0 Å². The van der Waals surface area contributed by atoms with Crippen LogP contribution in [0.4, 0.5) is 18.8 Å². The smallest absolute Gasteiger partial charge is 0.0786 e. The third-order valence-electron chi connectivity index (χ3n) is 3.94. The molecule has 0 aromatic rings. The summed E-state index contributed by atoms with van der Waals surface area (Å²) < 4.78 is 1.42. The minimum atomic E-state index is 0.